The smallest absolute Gasteiger partial charge is 0.338 e. The largest absolute Gasteiger partial charge is 0.467 e. The number of ether oxygens (including phenoxy) is 15. The maximum Gasteiger partial charge on any atom is 0.338 e. The van der Waals surface area contributed by atoms with Crippen LogP contribution in [0.3, 0.4) is 0 Å². The molecule has 0 aliphatic carbocycles. The Morgan fingerprint density at radius 2 is 0.887 bits per heavy atom. The van der Waals surface area contributed by atoms with Crippen molar-refractivity contribution in [2.24, 2.45) is 50.9 Å². The molecule has 5 heterocycles. The summed E-state index contributed by atoms with van der Waals surface area (Å²) in [7, 11) is 2.55. The highest BCUT2D eigenvalue weighted by Gasteiger charge is 2.58. The van der Waals surface area contributed by atoms with Gasteiger partial charge in [-0.1, -0.05) is 149 Å². The van der Waals surface area contributed by atoms with Gasteiger partial charge in [0.2, 0.25) is 0 Å². The summed E-state index contributed by atoms with van der Waals surface area (Å²) in [4.78, 5) is 78.9. The minimum Gasteiger partial charge on any atom is -0.467 e. The van der Waals surface area contributed by atoms with E-state index < -0.39 is 177 Å². The van der Waals surface area contributed by atoms with Gasteiger partial charge in [-0.3, -0.25) is 4.79 Å². The highest BCUT2D eigenvalue weighted by atomic mass is 16.8. The van der Waals surface area contributed by atoms with Crippen LogP contribution in [0, 0.1) is 35.5 Å². The van der Waals surface area contributed by atoms with Crippen molar-refractivity contribution in [3.63, 3.8) is 0 Å². The number of nitrogens with zero attached hydrogens (tertiary/aromatic N) is 9. The van der Waals surface area contributed by atoms with E-state index in [1.165, 1.54) is 33.3 Å². The molecule has 0 aromatic heterocycles. The summed E-state index contributed by atoms with van der Waals surface area (Å²) in [6.07, 6.45) is -20.3. The Morgan fingerprint density at radius 1 is 0.443 bits per heavy atom. The quantitative estimate of drug-likeness (QED) is 0.0185. The van der Waals surface area contributed by atoms with Crippen molar-refractivity contribution in [3.05, 3.63) is 175 Å². The zero-order valence-corrected chi connectivity index (χ0v) is 55.5. The van der Waals surface area contributed by atoms with Crippen molar-refractivity contribution in [1.29, 1.82) is 0 Å². The normalized spacial score (nSPS) is 34.8. The molecule has 0 spiro atoms. The third-order valence-electron chi connectivity index (χ3n) is 18.9. The number of rotatable bonds is 26. The van der Waals surface area contributed by atoms with E-state index in [-0.39, 0.29) is 42.6 Å². The molecule has 0 radical (unpaired) electrons. The van der Waals surface area contributed by atoms with Crippen LogP contribution >= 0.6 is 0 Å². The Morgan fingerprint density at radius 3 is 1.40 bits per heavy atom. The fourth-order valence-electron chi connectivity index (χ4n) is 13.0. The van der Waals surface area contributed by atoms with Crippen molar-refractivity contribution >= 4 is 29.7 Å². The molecule has 5 saturated heterocycles. The molecule has 4 aromatic carbocycles. The molecule has 5 aliphatic rings. The topological polar surface area (TPSA) is 370 Å². The molecule has 25 atom stereocenters. The van der Waals surface area contributed by atoms with E-state index in [9.17, 15) is 40.6 Å². The number of hydrogen-bond acceptors (Lipinski definition) is 23. The van der Waals surface area contributed by atoms with Crippen LogP contribution in [0.15, 0.2) is 137 Å². The van der Waals surface area contributed by atoms with Crippen LogP contribution in [-0.4, -0.2) is 174 Å². The van der Waals surface area contributed by atoms with Crippen LogP contribution in [0.4, 0.5) is 0 Å². The molecule has 0 saturated carbocycles. The first kappa shape index (κ1) is 73.2. The fraction of sp³-hybridized carbons (Fsp3) is 0.574. The molecule has 10 unspecified atom stereocenters. The summed E-state index contributed by atoms with van der Waals surface area (Å²) in [6.45, 7) is 13.2. The van der Waals surface area contributed by atoms with Gasteiger partial charge in [0.1, 0.15) is 43.7 Å². The van der Waals surface area contributed by atoms with E-state index in [0.29, 0.717) is 11.1 Å². The first-order valence-electron chi connectivity index (χ1n) is 32.3. The number of esters is 4. The lowest BCUT2D eigenvalue weighted by Crippen LogP contribution is -2.66. The van der Waals surface area contributed by atoms with Gasteiger partial charge in [0, 0.05) is 27.8 Å². The maximum absolute atomic E-state index is 14.6. The Labute approximate surface area is 561 Å². The SMILES string of the molecule is CCC1O[C@@H](O[C@H]2C(C(C)=O)O[C@@H](O[C@@H]3C(COC(=O)c4ccccc4)O[C@H](OC)C(N=[N+]=[N-])[C@H]3C)C(OC(=O)c3ccccc3)[C@@H]2OCc2ccccc2)C(N=[N+]=[N-])[C@@H](C)[C@@H]1O[C@@H]1OC(C(=O)OC)[C@@H](O[C@H]2OC(COC(=O)c3ccccc3)[C@@H](C)[C@H](C)C2N=[N+]=[N-])[C@H](C)C1C. The summed E-state index contributed by atoms with van der Waals surface area (Å²) in [5, 5.41) is 12.3. The second kappa shape index (κ2) is 34.4. The lowest BCUT2D eigenvalue weighted by molar-refractivity contribution is -0.365. The number of carbonyl (C=O) groups is 5. The van der Waals surface area contributed by atoms with Crippen molar-refractivity contribution < 1.29 is 95.0 Å². The van der Waals surface area contributed by atoms with Crippen LogP contribution in [-0.2, 0) is 87.2 Å². The Hall–Kier alpha value is -8.08. The molecule has 5 aliphatic heterocycles. The molecule has 97 heavy (non-hydrogen) atoms. The zero-order valence-electron chi connectivity index (χ0n) is 55.5. The van der Waals surface area contributed by atoms with E-state index in [0.717, 1.165) is 0 Å². The van der Waals surface area contributed by atoms with E-state index in [4.69, 9.17) is 71.1 Å². The van der Waals surface area contributed by atoms with Crippen LogP contribution in [0.2, 0.25) is 0 Å². The van der Waals surface area contributed by atoms with E-state index in [1.807, 2.05) is 40.7 Å². The summed E-state index contributed by atoms with van der Waals surface area (Å²) < 4.78 is 96.2. The number of Topliss-reactive ketones (excluding diaryl/α,β-unsaturated/α-hetero) is 1. The molecule has 520 valence electrons. The van der Waals surface area contributed by atoms with E-state index >= 15 is 0 Å². The lowest BCUT2D eigenvalue weighted by atomic mass is 9.81. The maximum atomic E-state index is 14.6. The Balaban J connectivity index is 1.01. The molecular formula is C68H83N9O20. The van der Waals surface area contributed by atoms with Gasteiger partial charge < -0.3 is 71.1 Å². The van der Waals surface area contributed by atoms with Crippen LogP contribution in [0.1, 0.15) is 98.4 Å². The Kier molecular flexibility index (Phi) is 26.0. The summed E-state index contributed by atoms with van der Waals surface area (Å²) in [6, 6.07) is 30.6. The van der Waals surface area contributed by atoms with Gasteiger partial charge in [-0.2, -0.15) is 0 Å². The standard InChI is InChI=1S/C68H83N9O20/c1-11-46-52(92-64-38(5)37(4)54(58(97-64)63(82)83-9)94-66-49(72-75-69)36(3)35(2)47(89-66)33-86-60(79)43-26-18-13-19-27-43)40(7)51(74-77-71)67(88-46)96-57-55(41(8)78)95-68(59(91-62(81)45-30-22-15-23-31-45)56(57)85-32-42-24-16-12-17-25-42)93-53-39(6)50(73-76-70)65(84-10)90-48(53)34-87-61(80)44-28-20-14-21-29-44/h12-31,35-40,46-59,64-68H,11,32-34H2,1-10H3/t35-,36-,37+,38?,39+,40+,46?,47?,48?,49?,50?,51?,52-,53-,54-,55?,56+,57-,58?,59?,64+,65-,66+,67-,68+/m0/s1. The van der Waals surface area contributed by atoms with Crippen LogP contribution < -0.4 is 0 Å². The molecule has 4 aromatic rings. The Bertz CT molecular complexity index is 3430. The number of methoxy groups -OCH3 is 2. The molecule has 29 nitrogen and oxygen atoms in total. The predicted octanol–water partition coefficient (Wildman–Crippen LogP) is 10.3. The van der Waals surface area contributed by atoms with Crippen molar-refractivity contribution in [2.45, 2.75) is 185 Å². The minimum absolute atomic E-state index is 0.118. The molecule has 5 fully saturated rings. The molecular weight excluding hydrogens is 1260 g/mol. The summed E-state index contributed by atoms with van der Waals surface area (Å²) >= 11 is 0. The highest BCUT2D eigenvalue weighted by Crippen LogP contribution is 2.44. The van der Waals surface area contributed by atoms with Gasteiger partial charge in [-0.15, -0.1) is 0 Å². The molecule has 0 bridgehead atoms. The average Bonchev–Trinajstić information content (AvgIpc) is 0.770. The number of benzene rings is 4. The molecule has 29 heteroatoms. The third kappa shape index (κ3) is 17.3. The summed E-state index contributed by atoms with van der Waals surface area (Å²) in [5.74, 6) is -6.92. The van der Waals surface area contributed by atoms with Gasteiger partial charge in [-0.25, -0.2) is 19.2 Å². The second-order valence-electron chi connectivity index (χ2n) is 24.8. The van der Waals surface area contributed by atoms with Gasteiger partial charge in [0.05, 0.1) is 72.9 Å². The lowest BCUT2D eigenvalue weighted by Gasteiger charge is -2.51. The first-order valence-corrected chi connectivity index (χ1v) is 32.3. The average molecular weight is 1350 g/mol. The van der Waals surface area contributed by atoms with E-state index in [2.05, 4.69) is 30.1 Å². The van der Waals surface area contributed by atoms with Crippen LogP contribution in [0.25, 0.3) is 31.3 Å². The third-order valence-corrected chi connectivity index (χ3v) is 18.9. The summed E-state index contributed by atoms with van der Waals surface area (Å²) in [5.41, 5.74) is 31.3. The highest BCUT2D eigenvalue weighted by molar-refractivity contribution is 5.90. The van der Waals surface area contributed by atoms with Gasteiger partial charge in [-0.05, 0) is 101 Å². The number of ketones is 1. The number of azide groups is 3. The monoisotopic (exact) mass is 1350 g/mol. The minimum atomic E-state index is -1.72. The number of carbonyl (C=O) groups excluding carboxylic acids is 5. The predicted molar refractivity (Wildman–Crippen MR) is 341 cm³/mol. The van der Waals surface area contributed by atoms with Gasteiger partial charge in [0.15, 0.2) is 49.4 Å². The molecule has 9 rings (SSSR count). The van der Waals surface area contributed by atoms with Gasteiger partial charge in [0.25, 0.3) is 0 Å². The van der Waals surface area contributed by atoms with Crippen LogP contribution in [0.5, 0.6) is 0 Å². The van der Waals surface area contributed by atoms with Crippen molar-refractivity contribution in [3.8, 4) is 0 Å². The number of hydrogen-bond donors (Lipinski definition) is 0. The molecule has 0 amide bonds. The van der Waals surface area contributed by atoms with E-state index in [1.54, 1.807) is 117 Å². The van der Waals surface area contributed by atoms with Crippen molar-refractivity contribution in [1.82, 2.24) is 0 Å². The fourth-order valence-corrected chi connectivity index (χ4v) is 13.0. The molecule has 0 N–H and O–H groups in total. The van der Waals surface area contributed by atoms with Gasteiger partial charge >= 0.3 is 23.9 Å². The zero-order chi connectivity index (χ0) is 69.4. The van der Waals surface area contributed by atoms with Crippen molar-refractivity contribution in [2.75, 3.05) is 27.4 Å². The first-order chi connectivity index (χ1) is 46.8. The second-order valence-corrected chi connectivity index (χ2v) is 24.8.